The summed E-state index contributed by atoms with van der Waals surface area (Å²) in [4.78, 5) is 20.9. The van der Waals surface area contributed by atoms with Gasteiger partial charge in [-0.15, -0.1) is 0 Å². The first-order valence-electron chi connectivity index (χ1n) is 14.5. The Hall–Kier alpha value is -5.34. The van der Waals surface area contributed by atoms with E-state index in [4.69, 9.17) is 26.1 Å². The van der Waals surface area contributed by atoms with Crippen molar-refractivity contribution in [2.24, 2.45) is 4.99 Å². The smallest absolute Gasteiger partial charge is 0.333 e. The third kappa shape index (κ3) is 9.08. The number of rotatable bonds is 11. The van der Waals surface area contributed by atoms with Gasteiger partial charge in [0.1, 0.15) is 11.5 Å². The van der Waals surface area contributed by atoms with E-state index in [-0.39, 0.29) is 5.97 Å². The second kappa shape index (κ2) is 15.4. The van der Waals surface area contributed by atoms with E-state index in [2.05, 4.69) is 20.9 Å². The van der Waals surface area contributed by atoms with E-state index in [1.807, 2.05) is 103 Å². The van der Waals surface area contributed by atoms with E-state index in [1.54, 1.807) is 19.2 Å². The van der Waals surface area contributed by atoms with Crippen LogP contribution in [0.1, 0.15) is 18.9 Å². The lowest BCUT2D eigenvalue weighted by molar-refractivity contribution is -0.135. The third-order valence-electron chi connectivity index (χ3n) is 6.78. The summed E-state index contributed by atoms with van der Waals surface area (Å²) in [5.41, 5.74) is 5.09. The molecule has 0 aliphatic heterocycles. The van der Waals surface area contributed by atoms with Crippen molar-refractivity contribution in [2.45, 2.75) is 13.3 Å². The number of esters is 1. The number of carbonyl (C=O) groups is 1. The first-order chi connectivity index (χ1) is 22.0. The summed E-state index contributed by atoms with van der Waals surface area (Å²) in [6, 6.07) is 32.8. The Bertz CT molecular complexity index is 1790. The van der Waals surface area contributed by atoms with Crippen LogP contribution >= 0.6 is 11.6 Å². The Balaban J connectivity index is 1.19. The molecule has 0 saturated carbocycles. The van der Waals surface area contributed by atoms with Crippen LogP contribution in [0.4, 0.5) is 17.1 Å². The molecular weight excluding hydrogens is 586 g/mol. The number of halogens is 1. The van der Waals surface area contributed by atoms with E-state index in [1.165, 1.54) is 7.11 Å². The van der Waals surface area contributed by atoms with Crippen LogP contribution < -0.4 is 20.7 Å². The molecule has 5 rings (SSSR count). The molecule has 0 unspecified atom stereocenters. The Morgan fingerprint density at radius 3 is 2.29 bits per heavy atom. The van der Waals surface area contributed by atoms with Crippen LogP contribution in [0, 0.1) is 0 Å². The molecule has 5 aromatic rings. The zero-order valence-electron chi connectivity index (χ0n) is 25.1. The number of nitrogens with one attached hydrogen (secondary N) is 3. The van der Waals surface area contributed by atoms with Crippen molar-refractivity contribution in [1.29, 1.82) is 0 Å². The van der Waals surface area contributed by atoms with Gasteiger partial charge in [-0.1, -0.05) is 41.9 Å². The van der Waals surface area contributed by atoms with Gasteiger partial charge in [0.2, 0.25) is 0 Å². The number of aromatic nitrogens is 1. The number of aliphatic imine (C=N–C) groups is 1. The van der Waals surface area contributed by atoms with Crippen molar-refractivity contribution in [1.82, 2.24) is 4.98 Å². The Labute approximate surface area is 267 Å². The van der Waals surface area contributed by atoms with Crippen molar-refractivity contribution in [3.05, 3.63) is 125 Å². The monoisotopic (exact) mass is 619 g/mol. The summed E-state index contributed by atoms with van der Waals surface area (Å²) < 4.78 is 10.8. The van der Waals surface area contributed by atoms with Crippen molar-refractivity contribution in [3.63, 3.8) is 0 Å². The molecule has 4 aromatic carbocycles. The number of ether oxygens (including phenoxy) is 2. The van der Waals surface area contributed by atoms with Crippen LogP contribution in [0.2, 0.25) is 5.02 Å². The van der Waals surface area contributed by atoms with Crippen LogP contribution in [0.25, 0.3) is 17.0 Å². The van der Waals surface area contributed by atoms with Gasteiger partial charge in [-0.25, -0.2) is 4.79 Å². The number of guanidine groups is 1. The van der Waals surface area contributed by atoms with Gasteiger partial charge < -0.3 is 25.4 Å². The molecule has 0 saturated heterocycles. The highest BCUT2D eigenvalue weighted by atomic mass is 35.5. The van der Waals surface area contributed by atoms with Crippen LogP contribution in [0.3, 0.4) is 0 Å². The molecule has 1 heterocycles. The molecule has 0 atom stereocenters. The number of fused-ring (bicyclic) bond motifs is 1. The summed E-state index contributed by atoms with van der Waals surface area (Å²) in [5.74, 6) is 1.68. The molecule has 228 valence electrons. The molecule has 9 heteroatoms. The van der Waals surface area contributed by atoms with Gasteiger partial charge in [-0.05, 0) is 97.8 Å². The number of hydrogen-bond acceptors (Lipinski definition) is 6. The number of pyridine rings is 1. The van der Waals surface area contributed by atoms with Gasteiger partial charge in [0, 0.05) is 52.3 Å². The minimum Gasteiger partial charge on any atom is -0.466 e. The molecule has 0 aliphatic rings. The van der Waals surface area contributed by atoms with Gasteiger partial charge in [-0.3, -0.25) is 9.98 Å². The topological polar surface area (TPSA) is 96.9 Å². The van der Waals surface area contributed by atoms with Crippen LogP contribution in [0.5, 0.6) is 11.5 Å². The third-order valence-corrected chi connectivity index (χ3v) is 7.02. The van der Waals surface area contributed by atoms with E-state index in [0.29, 0.717) is 34.6 Å². The maximum atomic E-state index is 11.6. The predicted octanol–water partition coefficient (Wildman–Crippen LogP) is 8.64. The fourth-order valence-corrected chi connectivity index (χ4v) is 4.68. The number of anilines is 3. The normalized spacial score (nSPS) is 11.6. The van der Waals surface area contributed by atoms with Gasteiger partial charge in [0.15, 0.2) is 5.96 Å². The van der Waals surface area contributed by atoms with Crippen molar-refractivity contribution < 1.29 is 14.3 Å². The van der Waals surface area contributed by atoms with E-state index in [0.717, 1.165) is 46.5 Å². The van der Waals surface area contributed by atoms with Crippen molar-refractivity contribution >= 4 is 57.6 Å². The molecule has 1 aromatic heterocycles. The molecule has 0 aliphatic carbocycles. The summed E-state index contributed by atoms with van der Waals surface area (Å²) in [7, 11) is 1.37. The summed E-state index contributed by atoms with van der Waals surface area (Å²) in [6.07, 6.45) is 4.38. The predicted molar refractivity (Wildman–Crippen MR) is 184 cm³/mol. The lowest BCUT2D eigenvalue weighted by Gasteiger charge is -2.14. The number of para-hydroxylation sites is 1. The van der Waals surface area contributed by atoms with Crippen LogP contribution in [0.15, 0.2) is 120 Å². The highest BCUT2D eigenvalue weighted by Gasteiger charge is 2.06. The van der Waals surface area contributed by atoms with Gasteiger partial charge in [0.25, 0.3) is 0 Å². The Morgan fingerprint density at radius 1 is 0.889 bits per heavy atom. The van der Waals surface area contributed by atoms with Gasteiger partial charge in [-0.2, -0.15) is 0 Å². The Morgan fingerprint density at radius 2 is 1.58 bits per heavy atom. The standard InChI is InChI=1S/C36H34ClN5O3/c1-25(35(43)44-2)23-26-9-14-30(15-10-26)45-31-16-12-29(13-17-31)42-36(41-28-7-4-3-5-8-28)40-21-6-20-38-33-19-22-39-34-24-27(37)11-18-32(33)34/h3-5,7-19,22-24H,6,20-21H2,1-2H3,(H,38,39)(H2,40,41,42)/b25-23+. The van der Waals surface area contributed by atoms with Crippen molar-refractivity contribution in [2.75, 3.05) is 36.1 Å². The fraction of sp³-hybridized carbons (Fsp3) is 0.139. The van der Waals surface area contributed by atoms with Gasteiger partial charge >= 0.3 is 5.97 Å². The molecule has 0 radical (unpaired) electrons. The van der Waals surface area contributed by atoms with Crippen molar-refractivity contribution in [3.8, 4) is 11.5 Å². The molecule has 0 amide bonds. The number of carbonyl (C=O) groups excluding carboxylic acids is 1. The maximum Gasteiger partial charge on any atom is 0.333 e. The first kappa shape index (κ1) is 31.1. The molecule has 0 bridgehead atoms. The second-order valence-electron chi connectivity index (χ2n) is 10.2. The minimum atomic E-state index is -0.352. The number of benzene rings is 4. The number of hydrogen-bond donors (Lipinski definition) is 3. The zero-order valence-corrected chi connectivity index (χ0v) is 25.8. The van der Waals surface area contributed by atoms with E-state index >= 15 is 0 Å². The second-order valence-corrected chi connectivity index (χ2v) is 10.6. The lowest BCUT2D eigenvalue weighted by Crippen LogP contribution is -2.22. The van der Waals surface area contributed by atoms with E-state index in [9.17, 15) is 4.79 Å². The number of methoxy groups -OCH3 is 1. The highest BCUT2D eigenvalue weighted by Crippen LogP contribution is 2.25. The summed E-state index contributed by atoms with van der Waals surface area (Å²) in [6.45, 7) is 3.07. The fourth-order valence-electron chi connectivity index (χ4n) is 4.52. The summed E-state index contributed by atoms with van der Waals surface area (Å²) >= 11 is 6.13. The largest absolute Gasteiger partial charge is 0.466 e. The highest BCUT2D eigenvalue weighted by molar-refractivity contribution is 6.31. The average Bonchev–Trinajstić information content (AvgIpc) is 3.06. The molecule has 3 N–H and O–H groups in total. The molecular formula is C36H34ClN5O3. The maximum absolute atomic E-state index is 11.6. The quantitative estimate of drug-likeness (QED) is 0.0447. The SMILES string of the molecule is COC(=O)/C(C)=C/c1ccc(Oc2ccc(NC(=NCCCNc3ccnc4cc(Cl)ccc34)Nc3ccccc3)cc2)cc1. The first-order valence-corrected chi connectivity index (χ1v) is 14.9. The average molecular weight is 620 g/mol. The number of nitrogens with zero attached hydrogens (tertiary/aromatic N) is 2. The minimum absolute atomic E-state index is 0.352. The Kier molecular flexibility index (Phi) is 10.6. The molecule has 0 fully saturated rings. The van der Waals surface area contributed by atoms with Crippen LogP contribution in [-0.2, 0) is 9.53 Å². The summed E-state index contributed by atoms with van der Waals surface area (Å²) in [5, 5.41) is 12.0. The molecule has 8 nitrogen and oxygen atoms in total. The van der Waals surface area contributed by atoms with Crippen LogP contribution in [-0.4, -0.2) is 37.1 Å². The zero-order chi connectivity index (χ0) is 31.4. The molecule has 0 spiro atoms. The molecule has 45 heavy (non-hydrogen) atoms. The van der Waals surface area contributed by atoms with E-state index < -0.39 is 0 Å². The van der Waals surface area contributed by atoms with Gasteiger partial charge in [0.05, 0.1) is 12.6 Å². The lowest BCUT2D eigenvalue weighted by atomic mass is 10.1.